The second-order valence-corrected chi connectivity index (χ2v) is 7.04. The first-order chi connectivity index (χ1) is 14.2. The Balaban J connectivity index is 1.53. The van der Waals surface area contributed by atoms with Crippen LogP contribution in [0.15, 0.2) is 48.7 Å². The van der Waals surface area contributed by atoms with Crippen molar-refractivity contribution >= 4 is 5.91 Å². The molecule has 156 valence electrons. The molecule has 0 bridgehead atoms. The monoisotopic (exact) mass is 421 g/mol. The Morgan fingerprint density at radius 3 is 2.47 bits per heavy atom. The third-order valence-corrected chi connectivity index (χ3v) is 5.07. The second-order valence-electron chi connectivity index (χ2n) is 7.04. The number of hydrogen-bond donors (Lipinski definition) is 0. The molecular formula is C21H16F5N3O. The van der Waals surface area contributed by atoms with Gasteiger partial charge in [0, 0.05) is 12.1 Å². The average molecular weight is 421 g/mol. The van der Waals surface area contributed by atoms with E-state index in [0.29, 0.717) is 19.2 Å². The highest BCUT2D eigenvalue weighted by molar-refractivity contribution is 5.79. The maximum absolute atomic E-state index is 13.5. The third-order valence-electron chi connectivity index (χ3n) is 5.07. The van der Waals surface area contributed by atoms with E-state index in [0.717, 1.165) is 22.9 Å². The minimum atomic E-state index is -4.83. The van der Waals surface area contributed by atoms with Gasteiger partial charge in [0.1, 0.15) is 11.6 Å². The number of hydrogen-bond acceptors (Lipinski definition) is 2. The van der Waals surface area contributed by atoms with Gasteiger partial charge in [-0.05, 0) is 35.4 Å². The molecular weight excluding hydrogens is 405 g/mol. The molecule has 1 aromatic heterocycles. The van der Waals surface area contributed by atoms with Crippen LogP contribution >= 0.6 is 0 Å². The van der Waals surface area contributed by atoms with E-state index in [1.54, 1.807) is 23.0 Å². The van der Waals surface area contributed by atoms with Gasteiger partial charge in [0.2, 0.25) is 5.91 Å². The van der Waals surface area contributed by atoms with E-state index in [-0.39, 0.29) is 30.3 Å². The van der Waals surface area contributed by atoms with Crippen LogP contribution in [-0.2, 0) is 30.5 Å². The van der Waals surface area contributed by atoms with Crippen LogP contribution in [-0.4, -0.2) is 27.1 Å². The van der Waals surface area contributed by atoms with Crippen LogP contribution in [0.1, 0.15) is 16.8 Å². The van der Waals surface area contributed by atoms with Crippen LogP contribution in [0.2, 0.25) is 0 Å². The van der Waals surface area contributed by atoms with E-state index in [1.807, 2.05) is 0 Å². The highest BCUT2D eigenvalue weighted by Crippen LogP contribution is 2.32. The topological polar surface area (TPSA) is 38.1 Å². The lowest BCUT2D eigenvalue weighted by Crippen LogP contribution is -2.39. The van der Waals surface area contributed by atoms with E-state index in [1.165, 1.54) is 23.1 Å². The Labute approximate surface area is 168 Å². The zero-order valence-corrected chi connectivity index (χ0v) is 15.6. The Bertz CT molecular complexity index is 1090. The zero-order valence-electron chi connectivity index (χ0n) is 15.6. The van der Waals surface area contributed by atoms with Crippen molar-refractivity contribution in [1.29, 1.82) is 0 Å². The molecule has 0 saturated heterocycles. The minimum absolute atomic E-state index is 0.0894. The van der Waals surface area contributed by atoms with Gasteiger partial charge in [0.05, 0.1) is 37.0 Å². The van der Waals surface area contributed by atoms with Gasteiger partial charge in [0.25, 0.3) is 0 Å². The van der Waals surface area contributed by atoms with Gasteiger partial charge in [-0.15, -0.1) is 0 Å². The van der Waals surface area contributed by atoms with Crippen molar-refractivity contribution in [3.8, 4) is 11.1 Å². The van der Waals surface area contributed by atoms with Crippen LogP contribution in [0.25, 0.3) is 11.1 Å². The molecule has 9 heteroatoms. The molecule has 0 atom stereocenters. The predicted octanol–water partition coefficient (Wildman–Crippen LogP) is 4.43. The molecule has 0 fully saturated rings. The molecule has 0 N–H and O–H groups in total. The fraction of sp³-hybridized carbons (Fsp3) is 0.238. The van der Waals surface area contributed by atoms with Gasteiger partial charge in [-0.3, -0.25) is 9.48 Å². The normalized spacial score (nSPS) is 14.0. The molecule has 3 aromatic rings. The number of amides is 1. The van der Waals surface area contributed by atoms with Crippen molar-refractivity contribution < 1.29 is 26.7 Å². The Morgan fingerprint density at radius 1 is 1.03 bits per heavy atom. The number of rotatable bonds is 3. The molecule has 2 aromatic carbocycles. The molecule has 4 nitrogen and oxygen atoms in total. The average Bonchev–Trinajstić information content (AvgIpc) is 3.12. The van der Waals surface area contributed by atoms with Crippen molar-refractivity contribution in [2.24, 2.45) is 0 Å². The minimum Gasteiger partial charge on any atom is -0.335 e. The first-order valence-corrected chi connectivity index (χ1v) is 9.16. The first kappa shape index (κ1) is 20.1. The Kier molecular flexibility index (Phi) is 5.05. The smallest absolute Gasteiger partial charge is 0.335 e. The number of aromatic nitrogens is 2. The molecule has 4 rings (SSSR count). The fourth-order valence-electron chi connectivity index (χ4n) is 3.51. The van der Waals surface area contributed by atoms with Crippen molar-refractivity contribution in [2.75, 3.05) is 6.54 Å². The second kappa shape index (κ2) is 7.55. The maximum Gasteiger partial charge on any atom is 0.419 e. The number of benzene rings is 2. The number of fused-ring (bicyclic) bond motifs is 1. The van der Waals surface area contributed by atoms with Crippen molar-refractivity contribution in [3.05, 3.63) is 77.1 Å². The van der Waals surface area contributed by atoms with E-state index >= 15 is 0 Å². The van der Waals surface area contributed by atoms with Crippen molar-refractivity contribution in [1.82, 2.24) is 14.7 Å². The first-order valence-electron chi connectivity index (χ1n) is 9.16. The zero-order chi connectivity index (χ0) is 21.5. The maximum atomic E-state index is 13.5. The quantitative estimate of drug-likeness (QED) is 0.587. The lowest BCUT2D eigenvalue weighted by atomic mass is 10.0. The largest absolute Gasteiger partial charge is 0.419 e. The standard InChI is InChI=1S/C21H16F5N3O/c22-15-4-2-14(3-5-15)16-11-27-29-8-7-28(12-19(16)29)20(30)10-13-1-6-18(23)17(9-13)21(24,25)26/h1-6,9,11H,7-8,10,12H2. The van der Waals surface area contributed by atoms with Crippen LogP contribution in [0.4, 0.5) is 22.0 Å². The van der Waals surface area contributed by atoms with E-state index in [9.17, 15) is 26.7 Å². The number of halogens is 5. The summed E-state index contributed by atoms with van der Waals surface area (Å²) in [5.41, 5.74) is 0.972. The van der Waals surface area contributed by atoms with Gasteiger partial charge in [0.15, 0.2) is 0 Å². The predicted molar refractivity (Wildman–Crippen MR) is 98.1 cm³/mol. The molecule has 0 unspecified atom stereocenters. The molecule has 0 saturated carbocycles. The summed E-state index contributed by atoms with van der Waals surface area (Å²) in [5, 5.41) is 4.30. The molecule has 1 amide bonds. The number of alkyl halides is 3. The van der Waals surface area contributed by atoms with Crippen molar-refractivity contribution in [2.45, 2.75) is 25.7 Å². The van der Waals surface area contributed by atoms with Gasteiger partial charge < -0.3 is 4.90 Å². The summed E-state index contributed by atoms with van der Waals surface area (Å²) in [5.74, 6) is -2.11. The number of nitrogens with zero attached hydrogens (tertiary/aromatic N) is 3. The molecule has 1 aliphatic rings. The third kappa shape index (κ3) is 3.92. The van der Waals surface area contributed by atoms with Crippen LogP contribution < -0.4 is 0 Å². The summed E-state index contributed by atoms with van der Waals surface area (Å²) < 4.78 is 67.2. The molecule has 0 aliphatic carbocycles. The van der Waals surface area contributed by atoms with Crippen LogP contribution in [0.3, 0.4) is 0 Å². The number of carbonyl (C=O) groups is 1. The van der Waals surface area contributed by atoms with Gasteiger partial charge in [-0.25, -0.2) is 8.78 Å². The summed E-state index contributed by atoms with van der Waals surface area (Å²) in [6.07, 6.45) is -3.46. The van der Waals surface area contributed by atoms with Gasteiger partial charge >= 0.3 is 6.18 Å². The van der Waals surface area contributed by atoms with E-state index in [2.05, 4.69) is 5.10 Å². The molecule has 30 heavy (non-hydrogen) atoms. The van der Waals surface area contributed by atoms with Gasteiger partial charge in [-0.1, -0.05) is 18.2 Å². The molecule has 0 spiro atoms. The van der Waals surface area contributed by atoms with Crippen LogP contribution in [0, 0.1) is 11.6 Å². The van der Waals surface area contributed by atoms with E-state index < -0.39 is 17.6 Å². The highest BCUT2D eigenvalue weighted by atomic mass is 19.4. The SMILES string of the molecule is O=C(Cc1ccc(F)c(C(F)(F)F)c1)N1CCn2ncc(-c3ccc(F)cc3)c2C1. The van der Waals surface area contributed by atoms with Crippen molar-refractivity contribution in [3.63, 3.8) is 0 Å². The lowest BCUT2D eigenvalue weighted by Gasteiger charge is -2.28. The fourth-order valence-corrected chi connectivity index (χ4v) is 3.51. The molecule has 1 aliphatic heterocycles. The lowest BCUT2D eigenvalue weighted by molar-refractivity contribution is -0.140. The summed E-state index contributed by atoms with van der Waals surface area (Å²) in [7, 11) is 0. The van der Waals surface area contributed by atoms with Crippen LogP contribution in [0.5, 0.6) is 0 Å². The summed E-state index contributed by atoms with van der Waals surface area (Å²) >= 11 is 0. The Morgan fingerprint density at radius 2 is 1.77 bits per heavy atom. The Hall–Kier alpha value is -3.23. The summed E-state index contributed by atoms with van der Waals surface area (Å²) in [6, 6.07) is 8.47. The summed E-state index contributed by atoms with van der Waals surface area (Å²) in [4.78, 5) is 14.2. The highest BCUT2D eigenvalue weighted by Gasteiger charge is 2.34. The molecule has 0 radical (unpaired) electrons. The summed E-state index contributed by atoms with van der Waals surface area (Å²) in [6.45, 7) is 1.00. The molecule has 2 heterocycles. The van der Waals surface area contributed by atoms with E-state index in [4.69, 9.17) is 0 Å². The van der Waals surface area contributed by atoms with Gasteiger partial charge in [-0.2, -0.15) is 18.3 Å². The number of carbonyl (C=O) groups excluding carboxylic acids is 1.